The number of nitrogens with zero attached hydrogens (tertiary/aromatic N) is 1. The van der Waals surface area contributed by atoms with Crippen LogP contribution in [0.4, 0.5) is 0 Å². The maximum atomic E-state index is 6.39. The molecule has 0 heterocycles. The largest absolute Gasteiger partial charge is 0.313 e. The van der Waals surface area contributed by atoms with Crippen molar-refractivity contribution in [3.8, 4) is 0 Å². The molecule has 3 nitrogen and oxygen atoms in total. The first-order valence-corrected chi connectivity index (χ1v) is 1.60. The lowest BCUT2D eigenvalue weighted by Crippen LogP contribution is -1.93. The van der Waals surface area contributed by atoms with Crippen LogP contribution in [0.25, 0.3) is 0 Å². The molecule has 2 N–H and O–H groups in total. The Labute approximate surface area is 36.6 Å². The maximum Gasteiger partial charge on any atom is 0.0643 e. The Kier molecular flexibility index (Phi) is 3.55. The summed E-state index contributed by atoms with van der Waals surface area (Å²) in [7, 11) is 1.68. The highest BCUT2D eigenvalue weighted by molar-refractivity contribution is 6.14. The van der Waals surface area contributed by atoms with E-state index in [0.717, 1.165) is 6.21 Å². The van der Waals surface area contributed by atoms with E-state index in [0.29, 0.717) is 0 Å². The van der Waals surface area contributed by atoms with E-state index in [-0.39, 0.29) is 0 Å². The van der Waals surface area contributed by atoms with E-state index in [4.69, 9.17) is 5.41 Å². The lowest BCUT2D eigenvalue weighted by molar-refractivity contribution is 0.910. The van der Waals surface area contributed by atoms with Crippen molar-refractivity contribution in [1.29, 1.82) is 5.41 Å². The highest BCUT2D eigenvalue weighted by Gasteiger charge is 1.51. The lowest BCUT2D eigenvalue weighted by atomic mass is 10.8. The molecule has 6 heavy (non-hydrogen) atoms. The summed E-state index contributed by atoms with van der Waals surface area (Å²) in [6.45, 7) is 0. The fourth-order valence-corrected chi connectivity index (χ4v) is 0.112. The molecule has 0 rings (SSSR count). The van der Waals surface area contributed by atoms with Crippen LogP contribution in [0.3, 0.4) is 0 Å². The highest BCUT2D eigenvalue weighted by atomic mass is 15.3. The van der Waals surface area contributed by atoms with Crippen LogP contribution in [-0.4, -0.2) is 19.5 Å². The predicted molar refractivity (Wildman–Crippen MR) is 26.3 cm³/mol. The van der Waals surface area contributed by atoms with Gasteiger partial charge in [-0.2, -0.15) is 5.10 Å². The number of hydrogen-bond acceptors (Lipinski definition) is 3. The lowest BCUT2D eigenvalue weighted by Gasteiger charge is -1.76. The van der Waals surface area contributed by atoms with Gasteiger partial charge in [0, 0.05) is 13.3 Å². The molecule has 0 atom stereocenters. The number of hydrogen-bond donors (Lipinski definition) is 2. The quantitative estimate of drug-likeness (QED) is 0.355. The fourth-order valence-electron chi connectivity index (χ4n) is 0.112. The second-order valence-corrected chi connectivity index (χ2v) is 0.668. The van der Waals surface area contributed by atoms with E-state index in [1.165, 1.54) is 6.21 Å². The van der Waals surface area contributed by atoms with E-state index >= 15 is 0 Å². The zero-order chi connectivity index (χ0) is 4.83. The summed E-state index contributed by atoms with van der Waals surface area (Å²) < 4.78 is 0. The van der Waals surface area contributed by atoms with Crippen LogP contribution in [0.15, 0.2) is 5.10 Å². The Morgan fingerprint density at radius 2 is 2.50 bits per heavy atom. The summed E-state index contributed by atoms with van der Waals surface area (Å²) in [5.74, 6) is 0. The molecule has 0 aliphatic heterocycles. The molecular weight excluding hydrogens is 78.1 g/mol. The van der Waals surface area contributed by atoms with Gasteiger partial charge in [0.05, 0.1) is 6.21 Å². The van der Waals surface area contributed by atoms with E-state index in [2.05, 4.69) is 10.5 Å². The Morgan fingerprint density at radius 3 is 2.67 bits per heavy atom. The van der Waals surface area contributed by atoms with E-state index in [9.17, 15) is 0 Å². The van der Waals surface area contributed by atoms with Gasteiger partial charge in [0.1, 0.15) is 0 Å². The first kappa shape index (κ1) is 5.14. The van der Waals surface area contributed by atoms with Gasteiger partial charge in [0.25, 0.3) is 0 Å². The van der Waals surface area contributed by atoms with Gasteiger partial charge in [-0.1, -0.05) is 0 Å². The van der Waals surface area contributed by atoms with Crippen molar-refractivity contribution in [3.63, 3.8) is 0 Å². The van der Waals surface area contributed by atoms with Crippen LogP contribution in [0, 0.1) is 5.41 Å². The third-order valence-corrected chi connectivity index (χ3v) is 0.278. The summed E-state index contributed by atoms with van der Waals surface area (Å²) in [5.41, 5.74) is 2.49. The van der Waals surface area contributed by atoms with Gasteiger partial charge in [-0.05, 0) is 0 Å². The topological polar surface area (TPSA) is 48.2 Å². The monoisotopic (exact) mass is 85.1 g/mol. The molecule has 0 bridgehead atoms. The molecule has 3 heteroatoms. The number of hydrazone groups is 1. The van der Waals surface area contributed by atoms with E-state index in [1.807, 2.05) is 0 Å². The third kappa shape index (κ3) is 3.14. The summed E-state index contributed by atoms with van der Waals surface area (Å²) in [6.07, 6.45) is 2.47. The van der Waals surface area contributed by atoms with Gasteiger partial charge in [-0.15, -0.1) is 0 Å². The van der Waals surface area contributed by atoms with Crippen LogP contribution in [0.2, 0.25) is 0 Å². The smallest absolute Gasteiger partial charge is 0.0643 e. The molecule has 0 aromatic heterocycles. The molecule has 0 spiro atoms. The van der Waals surface area contributed by atoms with Crippen molar-refractivity contribution < 1.29 is 0 Å². The molecule has 0 aromatic rings. The molecule has 0 aliphatic rings. The van der Waals surface area contributed by atoms with Crippen molar-refractivity contribution in [2.45, 2.75) is 0 Å². The van der Waals surface area contributed by atoms with Crippen LogP contribution in [0.5, 0.6) is 0 Å². The normalized spacial score (nSPS) is 8.83. The minimum atomic E-state index is 1.11. The first-order chi connectivity index (χ1) is 2.91. The molecule has 34 valence electrons. The van der Waals surface area contributed by atoms with Gasteiger partial charge in [-0.3, -0.25) is 0 Å². The zero-order valence-electron chi connectivity index (χ0n) is 3.60. The standard InChI is InChI=1S/C3H7N3/c1-5-6-3-2-4/h2-5H,1H3. The molecule has 0 aliphatic carbocycles. The van der Waals surface area contributed by atoms with Gasteiger partial charge in [0.15, 0.2) is 0 Å². The molecular formula is C3H7N3. The molecule has 0 saturated heterocycles. The van der Waals surface area contributed by atoms with Crippen LogP contribution in [0.1, 0.15) is 0 Å². The summed E-state index contributed by atoms with van der Waals surface area (Å²) in [4.78, 5) is 0. The average molecular weight is 85.1 g/mol. The minimum Gasteiger partial charge on any atom is -0.313 e. The molecule has 0 unspecified atom stereocenters. The van der Waals surface area contributed by atoms with E-state index in [1.54, 1.807) is 7.05 Å². The van der Waals surface area contributed by atoms with Crippen molar-refractivity contribution in [2.75, 3.05) is 7.05 Å². The summed E-state index contributed by atoms with van der Waals surface area (Å²) >= 11 is 0. The zero-order valence-corrected chi connectivity index (χ0v) is 3.60. The Balaban J connectivity index is 2.94. The average Bonchev–Trinajstić information content (AvgIpc) is 1.61. The number of rotatable bonds is 2. The molecule has 0 amide bonds. The van der Waals surface area contributed by atoms with Crippen LogP contribution in [-0.2, 0) is 0 Å². The fraction of sp³-hybridized carbons (Fsp3) is 0.333. The SMILES string of the molecule is CNN=CC=N. The minimum absolute atomic E-state index is 1.11. The Morgan fingerprint density at radius 1 is 1.83 bits per heavy atom. The maximum absolute atomic E-state index is 6.39. The second-order valence-electron chi connectivity index (χ2n) is 0.668. The van der Waals surface area contributed by atoms with Crippen molar-refractivity contribution >= 4 is 12.4 Å². The van der Waals surface area contributed by atoms with Gasteiger partial charge in [-0.25, -0.2) is 0 Å². The predicted octanol–water partition coefficient (Wildman–Crippen LogP) is -0.159. The van der Waals surface area contributed by atoms with Crippen molar-refractivity contribution in [1.82, 2.24) is 5.43 Å². The van der Waals surface area contributed by atoms with Crippen molar-refractivity contribution in [2.24, 2.45) is 5.10 Å². The Hall–Kier alpha value is -0.860. The Bertz CT molecular complexity index is 57.1. The first-order valence-electron chi connectivity index (χ1n) is 1.60. The number of nitrogens with one attached hydrogen (secondary N) is 2. The van der Waals surface area contributed by atoms with E-state index < -0.39 is 0 Å². The van der Waals surface area contributed by atoms with Gasteiger partial charge >= 0.3 is 0 Å². The van der Waals surface area contributed by atoms with Gasteiger partial charge in [0.2, 0.25) is 0 Å². The van der Waals surface area contributed by atoms with Crippen molar-refractivity contribution in [3.05, 3.63) is 0 Å². The third-order valence-electron chi connectivity index (χ3n) is 0.278. The molecule has 0 fully saturated rings. The second kappa shape index (κ2) is 4.14. The van der Waals surface area contributed by atoms with Crippen LogP contribution >= 0.6 is 0 Å². The molecule has 0 aromatic carbocycles. The van der Waals surface area contributed by atoms with Crippen LogP contribution < -0.4 is 5.43 Å². The molecule has 0 saturated carbocycles. The summed E-state index contributed by atoms with van der Waals surface area (Å²) in [5, 5.41) is 9.86. The molecule has 0 radical (unpaired) electrons. The summed E-state index contributed by atoms with van der Waals surface area (Å²) in [6, 6.07) is 0. The highest BCUT2D eigenvalue weighted by Crippen LogP contribution is 1.41. The van der Waals surface area contributed by atoms with Gasteiger partial charge < -0.3 is 10.8 Å².